The summed E-state index contributed by atoms with van der Waals surface area (Å²) in [5.41, 5.74) is 3.27. The van der Waals surface area contributed by atoms with Gasteiger partial charge in [-0.25, -0.2) is 0 Å². The van der Waals surface area contributed by atoms with Gasteiger partial charge in [-0.3, -0.25) is 4.79 Å². The van der Waals surface area contributed by atoms with Crippen molar-refractivity contribution in [3.05, 3.63) is 29.3 Å². The monoisotopic (exact) mass is 246 g/mol. The molecule has 0 saturated carbocycles. The number of nitrogens with one attached hydrogen (secondary N) is 1. The summed E-state index contributed by atoms with van der Waals surface area (Å²) in [6.07, 6.45) is 2.19. The number of aryl methyl sites for hydroxylation is 1. The van der Waals surface area contributed by atoms with Crippen LogP contribution in [0.1, 0.15) is 43.1 Å². The molecular weight excluding hydrogens is 224 g/mol. The Morgan fingerprint density at radius 2 is 2.11 bits per heavy atom. The maximum Gasteiger partial charge on any atom is 0.253 e. The molecule has 18 heavy (non-hydrogen) atoms. The molecule has 1 amide bonds. The average Bonchev–Trinajstić information content (AvgIpc) is 2.39. The minimum atomic E-state index is 0.140. The van der Waals surface area contributed by atoms with Crippen molar-refractivity contribution in [3.8, 4) is 0 Å². The fraction of sp³-hybridized carbons (Fsp3) is 0.533. The number of fused-ring (bicyclic) bond motifs is 1. The predicted molar refractivity (Wildman–Crippen MR) is 75.1 cm³/mol. The van der Waals surface area contributed by atoms with Gasteiger partial charge in [0, 0.05) is 30.4 Å². The Balaban J connectivity index is 2.23. The maximum absolute atomic E-state index is 12.3. The van der Waals surface area contributed by atoms with Crippen molar-refractivity contribution >= 4 is 11.6 Å². The molecule has 2 rings (SSSR count). The normalized spacial score (nSPS) is 17.8. The summed E-state index contributed by atoms with van der Waals surface area (Å²) in [5, 5.41) is 3.46. The van der Waals surface area contributed by atoms with Crippen molar-refractivity contribution in [1.82, 2.24) is 4.90 Å². The van der Waals surface area contributed by atoms with Crippen molar-refractivity contribution in [1.29, 1.82) is 0 Å². The van der Waals surface area contributed by atoms with Crippen LogP contribution in [0.4, 0.5) is 5.69 Å². The van der Waals surface area contributed by atoms with Gasteiger partial charge in [0.1, 0.15) is 0 Å². The van der Waals surface area contributed by atoms with Crippen LogP contribution >= 0.6 is 0 Å². The third-order valence-electron chi connectivity index (χ3n) is 3.65. The number of benzene rings is 1. The quantitative estimate of drug-likeness (QED) is 0.889. The summed E-state index contributed by atoms with van der Waals surface area (Å²) in [4.78, 5) is 14.1. The van der Waals surface area contributed by atoms with Crippen molar-refractivity contribution in [2.75, 3.05) is 18.4 Å². The molecule has 1 aromatic rings. The third kappa shape index (κ3) is 2.50. The van der Waals surface area contributed by atoms with E-state index in [0.717, 1.165) is 31.5 Å². The number of hydrogen-bond donors (Lipinski definition) is 1. The summed E-state index contributed by atoms with van der Waals surface area (Å²) in [7, 11) is 0. The summed E-state index contributed by atoms with van der Waals surface area (Å²) >= 11 is 0. The lowest BCUT2D eigenvalue weighted by atomic mass is 9.97. The lowest BCUT2D eigenvalue weighted by Crippen LogP contribution is -2.30. The Bertz CT molecular complexity index is 438. The zero-order chi connectivity index (χ0) is 13.1. The van der Waals surface area contributed by atoms with Crippen LogP contribution in [0.2, 0.25) is 0 Å². The molecule has 0 spiro atoms. The summed E-state index contributed by atoms with van der Waals surface area (Å²) in [5.74, 6) is 0.140. The van der Waals surface area contributed by atoms with Crippen LogP contribution in [0.5, 0.6) is 0 Å². The number of carbonyl (C=O) groups is 1. The number of anilines is 1. The Morgan fingerprint density at radius 1 is 1.39 bits per heavy atom. The largest absolute Gasteiger partial charge is 0.382 e. The number of rotatable bonds is 3. The van der Waals surface area contributed by atoms with Crippen molar-refractivity contribution in [3.63, 3.8) is 0 Å². The first-order valence-corrected chi connectivity index (χ1v) is 6.84. The van der Waals surface area contributed by atoms with E-state index in [4.69, 9.17) is 0 Å². The molecular formula is C15H22N2O. The Labute approximate surface area is 109 Å². The molecule has 1 aliphatic rings. The van der Waals surface area contributed by atoms with Crippen LogP contribution in [0.25, 0.3) is 0 Å². The van der Waals surface area contributed by atoms with E-state index in [2.05, 4.69) is 18.3 Å². The highest BCUT2D eigenvalue weighted by atomic mass is 16.2. The average molecular weight is 246 g/mol. The predicted octanol–water partition coefficient (Wildman–Crippen LogP) is 2.92. The lowest BCUT2D eigenvalue weighted by Gasteiger charge is -2.25. The number of carbonyl (C=O) groups excluding carboxylic acids is 1. The van der Waals surface area contributed by atoms with E-state index in [-0.39, 0.29) is 5.91 Å². The Hall–Kier alpha value is -1.51. The molecule has 0 radical (unpaired) electrons. The highest BCUT2D eigenvalue weighted by molar-refractivity contribution is 5.95. The lowest BCUT2D eigenvalue weighted by molar-refractivity contribution is 0.0773. The van der Waals surface area contributed by atoms with Gasteiger partial charge in [-0.05, 0) is 57.4 Å². The van der Waals surface area contributed by atoms with Crippen molar-refractivity contribution in [2.24, 2.45) is 0 Å². The third-order valence-corrected chi connectivity index (χ3v) is 3.65. The van der Waals surface area contributed by atoms with Gasteiger partial charge in [-0.15, -0.1) is 0 Å². The van der Waals surface area contributed by atoms with Crippen molar-refractivity contribution < 1.29 is 4.79 Å². The second kappa shape index (κ2) is 5.42. The van der Waals surface area contributed by atoms with E-state index < -0.39 is 0 Å². The van der Waals surface area contributed by atoms with E-state index in [1.54, 1.807) is 0 Å². The molecule has 0 saturated heterocycles. The van der Waals surface area contributed by atoms with Crippen molar-refractivity contribution in [2.45, 2.75) is 39.7 Å². The summed E-state index contributed by atoms with van der Waals surface area (Å²) in [6.45, 7) is 7.76. The van der Waals surface area contributed by atoms with Gasteiger partial charge in [-0.2, -0.15) is 0 Å². The molecule has 1 atom stereocenters. The summed E-state index contributed by atoms with van der Waals surface area (Å²) in [6, 6.07) is 6.56. The number of nitrogens with zero attached hydrogens (tertiary/aromatic N) is 1. The molecule has 0 aromatic heterocycles. The number of hydrogen-bond acceptors (Lipinski definition) is 2. The first-order valence-electron chi connectivity index (χ1n) is 6.84. The van der Waals surface area contributed by atoms with Gasteiger partial charge in [0.25, 0.3) is 5.91 Å². The minimum Gasteiger partial charge on any atom is -0.382 e. The molecule has 0 bridgehead atoms. The molecule has 3 heteroatoms. The molecule has 98 valence electrons. The smallest absolute Gasteiger partial charge is 0.253 e. The van der Waals surface area contributed by atoms with Crippen LogP contribution < -0.4 is 5.32 Å². The van der Waals surface area contributed by atoms with Gasteiger partial charge in [-0.1, -0.05) is 0 Å². The van der Waals surface area contributed by atoms with E-state index in [9.17, 15) is 4.79 Å². The molecule has 1 N–H and O–H groups in total. The minimum absolute atomic E-state index is 0.140. The number of amides is 1. The highest BCUT2D eigenvalue weighted by Crippen LogP contribution is 2.26. The van der Waals surface area contributed by atoms with E-state index in [0.29, 0.717) is 6.04 Å². The van der Waals surface area contributed by atoms with Gasteiger partial charge in [0.05, 0.1) is 0 Å². The zero-order valence-electron chi connectivity index (χ0n) is 11.5. The second-order valence-corrected chi connectivity index (χ2v) is 4.93. The van der Waals surface area contributed by atoms with Crippen LogP contribution in [0, 0.1) is 0 Å². The van der Waals surface area contributed by atoms with Gasteiger partial charge in [0.15, 0.2) is 0 Å². The van der Waals surface area contributed by atoms with Crippen LogP contribution in [-0.2, 0) is 6.42 Å². The van der Waals surface area contributed by atoms with E-state index in [1.165, 1.54) is 11.3 Å². The van der Waals surface area contributed by atoms with Crippen LogP contribution in [0.15, 0.2) is 18.2 Å². The SMILES string of the molecule is CCN(CC)C(=O)c1ccc2c(c1)CC[C@H](C)N2. The summed E-state index contributed by atoms with van der Waals surface area (Å²) < 4.78 is 0. The maximum atomic E-state index is 12.3. The second-order valence-electron chi connectivity index (χ2n) is 4.93. The van der Waals surface area contributed by atoms with E-state index >= 15 is 0 Å². The molecule has 1 aliphatic heterocycles. The fourth-order valence-corrected chi connectivity index (χ4v) is 2.48. The molecule has 0 aliphatic carbocycles. The molecule has 1 heterocycles. The molecule has 3 nitrogen and oxygen atoms in total. The Morgan fingerprint density at radius 3 is 2.78 bits per heavy atom. The van der Waals surface area contributed by atoms with Gasteiger partial charge < -0.3 is 10.2 Å². The standard InChI is InChI=1S/C15H22N2O/c1-4-17(5-2)15(18)13-8-9-14-12(10-13)7-6-11(3)16-14/h8-11,16H,4-7H2,1-3H3/t11-/m0/s1. The topological polar surface area (TPSA) is 32.3 Å². The zero-order valence-corrected chi connectivity index (χ0v) is 11.5. The first kappa shape index (κ1) is 12.9. The first-order chi connectivity index (χ1) is 8.65. The highest BCUT2D eigenvalue weighted by Gasteiger charge is 2.18. The van der Waals surface area contributed by atoms with E-state index in [1.807, 2.05) is 30.9 Å². The van der Waals surface area contributed by atoms with Crippen LogP contribution in [-0.4, -0.2) is 29.9 Å². The molecule has 0 unspecified atom stereocenters. The fourth-order valence-electron chi connectivity index (χ4n) is 2.48. The van der Waals surface area contributed by atoms with Crippen LogP contribution in [0.3, 0.4) is 0 Å². The molecule has 1 aromatic carbocycles. The van der Waals surface area contributed by atoms with Gasteiger partial charge in [0.2, 0.25) is 0 Å². The Kier molecular flexibility index (Phi) is 3.90. The molecule has 0 fully saturated rings. The van der Waals surface area contributed by atoms with Gasteiger partial charge >= 0.3 is 0 Å².